The highest BCUT2D eigenvalue weighted by molar-refractivity contribution is 5.96. The molecule has 0 aliphatic rings. The molecule has 3 rings (SSSR count). The molecule has 0 fully saturated rings. The number of carbonyl (C=O) groups excluding carboxylic acids is 2. The number of pyridine rings is 1. The van der Waals surface area contributed by atoms with Crippen molar-refractivity contribution in [3.63, 3.8) is 0 Å². The van der Waals surface area contributed by atoms with Gasteiger partial charge >= 0.3 is 0 Å². The smallest absolute Gasteiger partial charge is 0.274 e. The summed E-state index contributed by atoms with van der Waals surface area (Å²) in [5.41, 5.74) is 1.52. The quantitative estimate of drug-likeness (QED) is 0.541. The lowest BCUT2D eigenvalue weighted by atomic mass is 10.1. The fourth-order valence-corrected chi connectivity index (χ4v) is 2.86. The summed E-state index contributed by atoms with van der Waals surface area (Å²) in [4.78, 5) is 29.0. The lowest BCUT2D eigenvalue weighted by Crippen LogP contribution is -2.45. The molecule has 0 bridgehead atoms. The molecule has 1 atom stereocenters. The number of rotatable bonds is 9. The van der Waals surface area contributed by atoms with Gasteiger partial charge in [0.2, 0.25) is 5.91 Å². The first-order valence-electron chi connectivity index (χ1n) is 9.69. The zero-order chi connectivity index (χ0) is 22.2. The Kier molecular flexibility index (Phi) is 7.21. The Hall–Kier alpha value is -3.88. The van der Waals surface area contributed by atoms with Crippen LogP contribution in [0.5, 0.6) is 11.5 Å². The first-order chi connectivity index (χ1) is 15.0. The lowest BCUT2D eigenvalue weighted by Gasteiger charge is -2.13. The molecule has 3 aromatic rings. The van der Waals surface area contributed by atoms with Gasteiger partial charge < -0.3 is 24.6 Å². The largest absolute Gasteiger partial charge is 0.497 e. The average Bonchev–Trinajstić information content (AvgIpc) is 3.29. The van der Waals surface area contributed by atoms with Crippen molar-refractivity contribution in [2.75, 3.05) is 20.8 Å². The number of amides is 2. The van der Waals surface area contributed by atoms with Crippen LogP contribution in [0.3, 0.4) is 0 Å². The van der Waals surface area contributed by atoms with E-state index in [0.717, 1.165) is 5.69 Å². The van der Waals surface area contributed by atoms with Crippen LogP contribution < -0.4 is 20.1 Å². The topological polar surface area (TPSA) is 116 Å². The van der Waals surface area contributed by atoms with Crippen LogP contribution in [-0.2, 0) is 11.2 Å². The van der Waals surface area contributed by atoms with E-state index in [2.05, 4.69) is 20.8 Å². The predicted molar refractivity (Wildman–Crippen MR) is 113 cm³/mol. The van der Waals surface area contributed by atoms with Crippen LogP contribution in [0.4, 0.5) is 0 Å². The molecule has 0 saturated heterocycles. The molecule has 2 heterocycles. The minimum absolute atomic E-state index is 0.0491. The van der Waals surface area contributed by atoms with E-state index in [1.54, 1.807) is 38.4 Å². The monoisotopic (exact) mass is 424 g/mol. The van der Waals surface area contributed by atoms with E-state index in [9.17, 15) is 9.59 Å². The molecule has 31 heavy (non-hydrogen) atoms. The van der Waals surface area contributed by atoms with Gasteiger partial charge in [-0.25, -0.2) is 0 Å². The summed E-state index contributed by atoms with van der Waals surface area (Å²) in [6.07, 6.45) is 2.30. The van der Waals surface area contributed by atoms with Crippen LogP contribution in [0.2, 0.25) is 0 Å². The first kappa shape index (κ1) is 21.8. The minimum Gasteiger partial charge on any atom is -0.497 e. The molecule has 0 aliphatic heterocycles. The third-order valence-electron chi connectivity index (χ3n) is 4.56. The summed E-state index contributed by atoms with van der Waals surface area (Å²) in [6, 6.07) is 11.5. The number of nitrogens with one attached hydrogen (secondary N) is 2. The molecule has 0 radical (unpaired) electrons. The molecule has 9 heteroatoms. The Bertz CT molecular complexity index is 1040. The number of nitrogens with zero attached hydrogens (tertiary/aromatic N) is 2. The zero-order valence-corrected chi connectivity index (χ0v) is 17.5. The first-order valence-corrected chi connectivity index (χ1v) is 9.69. The van der Waals surface area contributed by atoms with Gasteiger partial charge in [0.05, 0.1) is 19.8 Å². The maximum absolute atomic E-state index is 12.5. The number of ether oxygens (including phenoxy) is 2. The summed E-state index contributed by atoms with van der Waals surface area (Å²) in [6.45, 7) is 2.01. The molecule has 162 valence electrons. The Morgan fingerprint density at radius 1 is 1.13 bits per heavy atom. The van der Waals surface area contributed by atoms with E-state index >= 15 is 0 Å². The highest BCUT2D eigenvalue weighted by atomic mass is 16.5. The molecule has 0 saturated carbocycles. The molecule has 2 amide bonds. The van der Waals surface area contributed by atoms with Gasteiger partial charge in [-0.3, -0.25) is 14.6 Å². The minimum atomic E-state index is -0.747. The molecular formula is C22H24N4O5. The van der Waals surface area contributed by atoms with Gasteiger partial charge in [-0.15, -0.1) is 0 Å². The SMILES string of the molecule is COc1ccc(OC)c(-c2cc(C(=O)N[C@@H](C)C(=O)NCCc3ccccn3)no2)c1. The Morgan fingerprint density at radius 3 is 2.68 bits per heavy atom. The normalized spacial score (nSPS) is 11.5. The fourth-order valence-electron chi connectivity index (χ4n) is 2.86. The molecule has 0 spiro atoms. The highest BCUT2D eigenvalue weighted by Gasteiger charge is 2.21. The lowest BCUT2D eigenvalue weighted by molar-refractivity contribution is -0.122. The summed E-state index contributed by atoms with van der Waals surface area (Å²) in [5.74, 6) is 0.666. The summed E-state index contributed by atoms with van der Waals surface area (Å²) in [7, 11) is 3.08. The maximum atomic E-state index is 12.5. The summed E-state index contributed by atoms with van der Waals surface area (Å²) < 4.78 is 15.9. The number of hydrogen-bond acceptors (Lipinski definition) is 7. The van der Waals surface area contributed by atoms with Crippen LogP contribution in [0, 0.1) is 0 Å². The van der Waals surface area contributed by atoms with E-state index in [1.165, 1.54) is 13.2 Å². The van der Waals surface area contributed by atoms with Gasteiger partial charge in [-0.2, -0.15) is 0 Å². The molecule has 1 aromatic carbocycles. The molecule has 2 aromatic heterocycles. The van der Waals surface area contributed by atoms with Crippen molar-refractivity contribution in [3.05, 3.63) is 60.0 Å². The van der Waals surface area contributed by atoms with E-state index in [-0.39, 0.29) is 11.6 Å². The van der Waals surface area contributed by atoms with Crippen molar-refractivity contribution in [2.24, 2.45) is 0 Å². The molecular weight excluding hydrogens is 400 g/mol. The number of hydrogen-bond donors (Lipinski definition) is 2. The zero-order valence-electron chi connectivity index (χ0n) is 17.5. The van der Waals surface area contributed by atoms with Gasteiger partial charge in [0.1, 0.15) is 17.5 Å². The molecule has 2 N–H and O–H groups in total. The van der Waals surface area contributed by atoms with Crippen molar-refractivity contribution in [2.45, 2.75) is 19.4 Å². The Labute approximate surface area is 179 Å². The highest BCUT2D eigenvalue weighted by Crippen LogP contribution is 2.33. The van der Waals surface area contributed by atoms with E-state index in [1.807, 2.05) is 18.2 Å². The van der Waals surface area contributed by atoms with Crippen molar-refractivity contribution in [3.8, 4) is 22.8 Å². The second-order valence-electron chi connectivity index (χ2n) is 6.70. The van der Waals surface area contributed by atoms with Crippen LogP contribution >= 0.6 is 0 Å². The average molecular weight is 424 g/mol. The van der Waals surface area contributed by atoms with Crippen molar-refractivity contribution < 1.29 is 23.6 Å². The van der Waals surface area contributed by atoms with Gasteiger partial charge in [0.25, 0.3) is 5.91 Å². The third kappa shape index (κ3) is 5.59. The predicted octanol–water partition coefficient (Wildman–Crippen LogP) is 2.23. The van der Waals surface area contributed by atoms with Gasteiger partial charge in [0.15, 0.2) is 11.5 Å². The van der Waals surface area contributed by atoms with Crippen LogP contribution in [0.25, 0.3) is 11.3 Å². The van der Waals surface area contributed by atoms with E-state index in [0.29, 0.717) is 35.8 Å². The van der Waals surface area contributed by atoms with Crippen LogP contribution in [0.15, 0.2) is 53.2 Å². The fraction of sp³-hybridized carbons (Fsp3) is 0.273. The molecule has 0 unspecified atom stereocenters. The molecule has 9 nitrogen and oxygen atoms in total. The maximum Gasteiger partial charge on any atom is 0.274 e. The number of methoxy groups -OCH3 is 2. The van der Waals surface area contributed by atoms with Crippen LogP contribution in [-0.4, -0.2) is 48.8 Å². The third-order valence-corrected chi connectivity index (χ3v) is 4.56. The van der Waals surface area contributed by atoms with E-state index in [4.69, 9.17) is 14.0 Å². The Balaban J connectivity index is 1.58. The number of benzene rings is 1. The summed E-state index contributed by atoms with van der Waals surface area (Å²) in [5, 5.41) is 9.21. The van der Waals surface area contributed by atoms with Gasteiger partial charge in [0, 0.05) is 30.9 Å². The number of carbonyl (C=O) groups is 2. The second kappa shape index (κ2) is 10.2. The standard InChI is InChI=1S/C22H24N4O5/c1-14(21(27)24-11-9-15-6-4-5-10-23-15)25-22(28)18-13-20(31-26-18)17-12-16(29-2)7-8-19(17)30-3/h4-8,10,12-14H,9,11H2,1-3H3,(H,24,27)(H,25,28)/t14-/m0/s1. The van der Waals surface area contributed by atoms with Crippen molar-refractivity contribution in [1.29, 1.82) is 0 Å². The van der Waals surface area contributed by atoms with Crippen LogP contribution in [0.1, 0.15) is 23.1 Å². The van der Waals surface area contributed by atoms with E-state index < -0.39 is 11.9 Å². The summed E-state index contributed by atoms with van der Waals surface area (Å²) >= 11 is 0. The Morgan fingerprint density at radius 2 is 1.97 bits per heavy atom. The number of aromatic nitrogens is 2. The second-order valence-corrected chi connectivity index (χ2v) is 6.70. The van der Waals surface area contributed by atoms with Gasteiger partial charge in [-0.05, 0) is 37.3 Å². The van der Waals surface area contributed by atoms with Gasteiger partial charge in [-0.1, -0.05) is 11.2 Å². The van der Waals surface area contributed by atoms with Crippen molar-refractivity contribution in [1.82, 2.24) is 20.8 Å². The molecule has 0 aliphatic carbocycles. The van der Waals surface area contributed by atoms with Crippen molar-refractivity contribution >= 4 is 11.8 Å².